The van der Waals surface area contributed by atoms with E-state index in [1.54, 1.807) is 0 Å². The van der Waals surface area contributed by atoms with Gasteiger partial charge in [0.05, 0.1) is 13.2 Å². The molecular formula is C13H25F3N2O. The molecule has 6 heteroatoms. The second-order valence-corrected chi connectivity index (χ2v) is 5.67. The maximum atomic E-state index is 12.4. The zero-order valence-corrected chi connectivity index (χ0v) is 11.8. The van der Waals surface area contributed by atoms with E-state index in [0.717, 1.165) is 19.4 Å². The molecule has 1 fully saturated rings. The van der Waals surface area contributed by atoms with Crippen molar-refractivity contribution in [1.29, 1.82) is 0 Å². The van der Waals surface area contributed by atoms with E-state index in [1.807, 2.05) is 13.8 Å². The minimum atomic E-state index is -4.12. The van der Waals surface area contributed by atoms with E-state index in [9.17, 15) is 18.3 Å². The average molecular weight is 282 g/mol. The first kappa shape index (κ1) is 16.7. The molecule has 3 nitrogen and oxygen atoms in total. The minimum Gasteiger partial charge on any atom is -0.394 e. The Labute approximate surface area is 113 Å². The van der Waals surface area contributed by atoms with Crippen molar-refractivity contribution in [2.45, 2.75) is 57.3 Å². The third-order valence-corrected chi connectivity index (χ3v) is 3.57. The summed E-state index contributed by atoms with van der Waals surface area (Å²) in [7, 11) is 0. The quantitative estimate of drug-likeness (QED) is 0.680. The van der Waals surface area contributed by atoms with Crippen molar-refractivity contribution in [3.05, 3.63) is 0 Å². The van der Waals surface area contributed by atoms with E-state index >= 15 is 0 Å². The van der Waals surface area contributed by atoms with Gasteiger partial charge in [0, 0.05) is 11.6 Å². The van der Waals surface area contributed by atoms with Crippen LogP contribution in [0.2, 0.25) is 0 Å². The standard InChI is InChI=1S/C13H25F3N2O/c1-3-17-12(2,10-19)7-4-8-18(11-5-6-11)9-13(14,15)16/h11,17,19H,3-10H2,1-2H3. The third-order valence-electron chi connectivity index (χ3n) is 3.57. The summed E-state index contributed by atoms with van der Waals surface area (Å²) in [5.74, 6) is 0. The Balaban J connectivity index is 2.35. The highest BCUT2D eigenvalue weighted by atomic mass is 19.4. The first-order chi connectivity index (χ1) is 8.79. The molecule has 1 atom stereocenters. The van der Waals surface area contributed by atoms with Gasteiger partial charge in [-0.15, -0.1) is 0 Å². The van der Waals surface area contributed by atoms with Crippen LogP contribution in [-0.4, -0.2) is 54.0 Å². The Morgan fingerprint density at radius 3 is 2.37 bits per heavy atom. The predicted octanol–water partition coefficient (Wildman–Crippen LogP) is 2.15. The summed E-state index contributed by atoms with van der Waals surface area (Å²) in [6, 6.07) is 0.112. The smallest absolute Gasteiger partial charge is 0.394 e. The topological polar surface area (TPSA) is 35.5 Å². The Morgan fingerprint density at radius 1 is 1.32 bits per heavy atom. The number of hydrogen-bond donors (Lipinski definition) is 2. The molecule has 1 aliphatic rings. The fraction of sp³-hybridized carbons (Fsp3) is 1.00. The molecule has 1 rings (SSSR count). The average Bonchev–Trinajstić information content (AvgIpc) is 3.10. The number of aliphatic hydroxyl groups excluding tert-OH is 1. The molecule has 0 aromatic carbocycles. The lowest BCUT2D eigenvalue weighted by Gasteiger charge is -2.30. The van der Waals surface area contributed by atoms with Crippen molar-refractivity contribution in [2.75, 3.05) is 26.2 Å². The van der Waals surface area contributed by atoms with Crippen LogP contribution in [0.4, 0.5) is 13.2 Å². The maximum Gasteiger partial charge on any atom is 0.401 e. The molecule has 0 radical (unpaired) electrons. The van der Waals surface area contributed by atoms with Crippen LogP contribution in [-0.2, 0) is 0 Å². The van der Waals surface area contributed by atoms with Gasteiger partial charge in [-0.05, 0) is 45.7 Å². The van der Waals surface area contributed by atoms with Gasteiger partial charge in [0.25, 0.3) is 0 Å². The van der Waals surface area contributed by atoms with Crippen LogP contribution >= 0.6 is 0 Å². The summed E-state index contributed by atoms with van der Waals surface area (Å²) in [4.78, 5) is 1.53. The van der Waals surface area contributed by atoms with E-state index in [4.69, 9.17) is 0 Å². The molecule has 19 heavy (non-hydrogen) atoms. The predicted molar refractivity (Wildman–Crippen MR) is 69.1 cm³/mol. The monoisotopic (exact) mass is 282 g/mol. The summed E-state index contributed by atoms with van der Waals surface area (Å²) < 4.78 is 37.3. The van der Waals surface area contributed by atoms with Gasteiger partial charge in [-0.2, -0.15) is 13.2 Å². The zero-order chi connectivity index (χ0) is 14.5. The first-order valence-corrected chi connectivity index (χ1v) is 6.96. The van der Waals surface area contributed by atoms with Gasteiger partial charge < -0.3 is 10.4 Å². The lowest BCUT2D eigenvalue weighted by molar-refractivity contribution is -0.147. The van der Waals surface area contributed by atoms with Crippen LogP contribution in [0.1, 0.15) is 39.5 Å². The molecule has 0 bridgehead atoms. The zero-order valence-electron chi connectivity index (χ0n) is 11.8. The minimum absolute atomic E-state index is 0.00351. The lowest BCUT2D eigenvalue weighted by Crippen LogP contribution is -2.46. The lowest BCUT2D eigenvalue weighted by atomic mass is 9.96. The first-order valence-electron chi connectivity index (χ1n) is 6.96. The molecule has 114 valence electrons. The van der Waals surface area contributed by atoms with Crippen LogP contribution < -0.4 is 5.32 Å². The Bertz CT molecular complexity index is 269. The van der Waals surface area contributed by atoms with Gasteiger partial charge in [-0.3, -0.25) is 4.90 Å². The van der Waals surface area contributed by atoms with Crippen molar-refractivity contribution in [3.8, 4) is 0 Å². The molecule has 1 unspecified atom stereocenters. The van der Waals surface area contributed by atoms with E-state index in [2.05, 4.69) is 5.32 Å². The van der Waals surface area contributed by atoms with Crippen LogP contribution in [0.5, 0.6) is 0 Å². The fourth-order valence-electron chi connectivity index (χ4n) is 2.38. The number of alkyl halides is 3. The summed E-state index contributed by atoms with van der Waals surface area (Å²) in [5, 5.41) is 12.5. The van der Waals surface area contributed by atoms with Gasteiger partial charge in [0.15, 0.2) is 0 Å². The Kier molecular flexibility index (Phi) is 6.08. The third kappa shape index (κ3) is 6.58. The second-order valence-electron chi connectivity index (χ2n) is 5.67. The van der Waals surface area contributed by atoms with E-state index in [-0.39, 0.29) is 18.2 Å². The van der Waals surface area contributed by atoms with Crippen molar-refractivity contribution in [1.82, 2.24) is 10.2 Å². The molecule has 0 heterocycles. The van der Waals surface area contributed by atoms with Crippen molar-refractivity contribution in [3.63, 3.8) is 0 Å². The van der Waals surface area contributed by atoms with Crippen molar-refractivity contribution < 1.29 is 18.3 Å². The summed E-state index contributed by atoms with van der Waals surface area (Å²) >= 11 is 0. The van der Waals surface area contributed by atoms with E-state index < -0.39 is 12.7 Å². The molecule has 1 saturated carbocycles. The maximum absolute atomic E-state index is 12.4. The molecule has 0 saturated heterocycles. The Hall–Kier alpha value is -0.330. The van der Waals surface area contributed by atoms with Gasteiger partial charge in [0.2, 0.25) is 0 Å². The molecule has 0 aliphatic heterocycles. The Morgan fingerprint density at radius 2 is 1.95 bits per heavy atom. The number of rotatable bonds is 9. The van der Waals surface area contributed by atoms with Gasteiger partial charge in [-0.25, -0.2) is 0 Å². The summed E-state index contributed by atoms with van der Waals surface area (Å²) in [6.45, 7) is 4.24. The van der Waals surface area contributed by atoms with Crippen LogP contribution in [0.15, 0.2) is 0 Å². The van der Waals surface area contributed by atoms with Gasteiger partial charge in [0.1, 0.15) is 0 Å². The number of likely N-dealkylation sites (N-methyl/N-ethyl adjacent to an activating group) is 1. The highest BCUT2D eigenvalue weighted by Gasteiger charge is 2.37. The number of nitrogens with zero attached hydrogens (tertiary/aromatic N) is 1. The van der Waals surface area contributed by atoms with Crippen molar-refractivity contribution >= 4 is 0 Å². The fourth-order valence-corrected chi connectivity index (χ4v) is 2.38. The molecule has 0 amide bonds. The molecule has 0 aromatic heterocycles. The van der Waals surface area contributed by atoms with Crippen LogP contribution in [0.3, 0.4) is 0 Å². The molecule has 0 spiro atoms. The largest absolute Gasteiger partial charge is 0.401 e. The number of nitrogens with one attached hydrogen (secondary N) is 1. The second kappa shape index (κ2) is 6.90. The molecule has 0 aromatic rings. The van der Waals surface area contributed by atoms with Crippen LogP contribution in [0, 0.1) is 0 Å². The number of aliphatic hydroxyl groups is 1. The van der Waals surface area contributed by atoms with Gasteiger partial charge >= 0.3 is 6.18 Å². The molecular weight excluding hydrogens is 257 g/mol. The number of halogens is 3. The van der Waals surface area contributed by atoms with Gasteiger partial charge in [-0.1, -0.05) is 6.92 Å². The van der Waals surface area contributed by atoms with E-state index in [0.29, 0.717) is 19.4 Å². The normalized spacial score (nSPS) is 19.7. The summed E-state index contributed by atoms with van der Waals surface area (Å²) in [5.41, 5.74) is -0.387. The molecule has 2 N–H and O–H groups in total. The summed E-state index contributed by atoms with van der Waals surface area (Å²) in [6.07, 6.45) is -1.03. The highest BCUT2D eigenvalue weighted by molar-refractivity contribution is 4.87. The highest BCUT2D eigenvalue weighted by Crippen LogP contribution is 2.30. The SMILES string of the molecule is CCNC(C)(CO)CCCN(CC(F)(F)F)C1CC1. The van der Waals surface area contributed by atoms with E-state index in [1.165, 1.54) is 4.90 Å². The number of hydrogen-bond acceptors (Lipinski definition) is 3. The van der Waals surface area contributed by atoms with Crippen molar-refractivity contribution in [2.24, 2.45) is 0 Å². The van der Waals surface area contributed by atoms with Crippen LogP contribution in [0.25, 0.3) is 0 Å². The molecule has 1 aliphatic carbocycles.